The molecule has 0 spiro atoms. The maximum absolute atomic E-state index is 5.74. The van der Waals surface area contributed by atoms with E-state index in [1.54, 1.807) is 11.3 Å². The monoisotopic (exact) mass is 356 g/mol. The molecule has 0 aliphatic carbocycles. The number of hydrogen-bond acceptors (Lipinski definition) is 6. The molecule has 20 heavy (non-hydrogen) atoms. The van der Waals surface area contributed by atoms with Crippen molar-refractivity contribution in [2.75, 3.05) is 19.6 Å². The van der Waals surface area contributed by atoms with Crippen molar-refractivity contribution in [3.63, 3.8) is 0 Å². The van der Waals surface area contributed by atoms with E-state index in [0.29, 0.717) is 17.7 Å². The van der Waals surface area contributed by atoms with Gasteiger partial charge in [-0.25, -0.2) is 0 Å². The summed E-state index contributed by atoms with van der Waals surface area (Å²) in [7, 11) is 0. The van der Waals surface area contributed by atoms with Gasteiger partial charge in [-0.15, -0.1) is 21.5 Å². The first-order valence-corrected chi connectivity index (χ1v) is 8.36. The fourth-order valence-corrected chi connectivity index (χ4v) is 3.73. The summed E-state index contributed by atoms with van der Waals surface area (Å²) in [6.45, 7) is 3.65. The lowest BCUT2D eigenvalue weighted by Crippen LogP contribution is -2.35. The van der Waals surface area contributed by atoms with Crippen LogP contribution in [0, 0.1) is 5.92 Å². The van der Waals surface area contributed by atoms with E-state index in [2.05, 4.69) is 31.0 Å². The molecular weight excluding hydrogens is 340 g/mol. The van der Waals surface area contributed by atoms with Gasteiger partial charge in [0.25, 0.3) is 5.89 Å². The number of rotatable bonds is 4. The second kappa shape index (κ2) is 6.34. The van der Waals surface area contributed by atoms with Gasteiger partial charge in [0.1, 0.15) is 0 Å². The summed E-state index contributed by atoms with van der Waals surface area (Å²) in [5.41, 5.74) is 5.71. The molecule has 3 rings (SSSR count). The predicted molar refractivity (Wildman–Crippen MR) is 82.4 cm³/mol. The third-order valence-electron chi connectivity index (χ3n) is 3.65. The van der Waals surface area contributed by atoms with E-state index in [1.807, 2.05) is 12.1 Å². The zero-order chi connectivity index (χ0) is 13.9. The molecule has 1 aliphatic heterocycles. The van der Waals surface area contributed by atoms with E-state index in [-0.39, 0.29) is 0 Å². The highest BCUT2D eigenvalue weighted by molar-refractivity contribution is 9.11. The van der Waals surface area contributed by atoms with Crippen LogP contribution < -0.4 is 5.73 Å². The number of nitrogens with two attached hydrogens (primary N) is 1. The Morgan fingerprint density at radius 2 is 2.15 bits per heavy atom. The summed E-state index contributed by atoms with van der Waals surface area (Å²) in [5.74, 6) is 1.97. The average molecular weight is 357 g/mol. The van der Waals surface area contributed by atoms with Crippen molar-refractivity contribution in [3.05, 3.63) is 21.8 Å². The van der Waals surface area contributed by atoms with Crippen molar-refractivity contribution in [2.45, 2.75) is 19.4 Å². The van der Waals surface area contributed by atoms with Crippen molar-refractivity contribution in [1.82, 2.24) is 15.1 Å². The molecule has 1 saturated heterocycles. The van der Waals surface area contributed by atoms with Crippen molar-refractivity contribution in [1.29, 1.82) is 0 Å². The average Bonchev–Trinajstić information content (AvgIpc) is 3.09. The van der Waals surface area contributed by atoms with E-state index in [4.69, 9.17) is 10.2 Å². The number of hydrogen-bond donors (Lipinski definition) is 1. The Bertz CT molecular complexity index is 562. The van der Waals surface area contributed by atoms with Crippen LogP contribution in [0.2, 0.25) is 0 Å². The molecule has 0 radical (unpaired) electrons. The molecule has 3 heterocycles. The standard InChI is InChI=1S/C13H17BrN4OS/c14-11-2-1-10(20-11)13-17-16-12(19-13)8-18-5-3-9(7-15)4-6-18/h1-2,9H,3-8,15H2. The first-order chi connectivity index (χ1) is 9.74. The molecule has 1 fully saturated rings. The molecule has 0 unspecified atom stereocenters. The lowest BCUT2D eigenvalue weighted by atomic mass is 9.97. The van der Waals surface area contributed by atoms with Gasteiger partial charge >= 0.3 is 0 Å². The minimum atomic E-state index is 0.604. The van der Waals surface area contributed by atoms with Crippen LogP contribution in [0.25, 0.3) is 10.8 Å². The molecule has 2 N–H and O–H groups in total. The summed E-state index contributed by atoms with van der Waals surface area (Å²) in [4.78, 5) is 3.35. The zero-order valence-corrected chi connectivity index (χ0v) is 13.5. The molecule has 0 atom stereocenters. The number of halogens is 1. The first kappa shape index (κ1) is 14.2. The molecular formula is C13H17BrN4OS. The summed E-state index contributed by atoms with van der Waals surface area (Å²) in [5, 5.41) is 8.27. The molecule has 0 aromatic carbocycles. The molecule has 0 bridgehead atoms. The lowest BCUT2D eigenvalue weighted by molar-refractivity contribution is 0.167. The van der Waals surface area contributed by atoms with Crippen LogP contribution in [-0.4, -0.2) is 34.7 Å². The lowest BCUT2D eigenvalue weighted by Gasteiger charge is -2.30. The van der Waals surface area contributed by atoms with Gasteiger partial charge in [0.2, 0.25) is 5.89 Å². The van der Waals surface area contributed by atoms with Crippen LogP contribution in [0.15, 0.2) is 20.3 Å². The second-order valence-corrected chi connectivity index (χ2v) is 7.52. The van der Waals surface area contributed by atoms with E-state index < -0.39 is 0 Å². The maximum Gasteiger partial charge on any atom is 0.257 e. The van der Waals surface area contributed by atoms with Crippen LogP contribution in [0.5, 0.6) is 0 Å². The third-order valence-corrected chi connectivity index (χ3v) is 5.26. The van der Waals surface area contributed by atoms with Gasteiger partial charge in [-0.2, -0.15) is 0 Å². The fraction of sp³-hybridized carbons (Fsp3) is 0.538. The molecule has 0 saturated carbocycles. The highest BCUT2D eigenvalue weighted by atomic mass is 79.9. The number of piperidine rings is 1. The normalized spacial score (nSPS) is 17.7. The van der Waals surface area contributed by atoms with Crippen LogP contribution in [-0.2, 0) is 6.54 Å². The minimum absolute atomic E-state index is 0.604. The number of aromatic nitrogens is 2. The fourth-order valence-electron chi connectivity index (χ4n) is 2.42. The minimum Gasteiger partial charge on any atom is -0.419 e. The Morgan fingerprint density at radius 1 is 1.35 bits per heavy atom. The molecule has 5 nitrogen and oxygen atoms in total. The molecule has 108 valence electrons. The van der Waals surface area contributed by atoms with Gasteiger partial charge in [-0.3, -0.25) is 4.90 Å². The maximum atomic E-state index is 5.74. The number of nitrogens with zero attached hydrogens (tertiary/aromatic N) is 3. The Labute approximate surface area is 130 Å². The summed E-state index contributed by atoms with van der Waals surface area (Å²) in [6.07, 6.45) is 2.32. The van der Waals surface area contributed by atoms with Gasteiger partial charge in [-0.05, 0) is 66.5 Å². The molecule has 2 aromatic rings. The largest absolute Gasteiger partial charge is 0.419 e. The molecule has 0 amide bonds. The van der Waals surface area contributed by atoms with Gasteiger partial charge in [-0.1, -0.05) is 0 Å². The van der Waals surface area contributed by atoms with Gasteiger partial charge in [0, 0.05) is 0 Å². The van der Waals surface area contributed by atoms with Crippen LogP contribution in [0.4, 0.5) is 0 Å². The Morgan fingerprint density at radius 3 is 2.80 bits per heavy atom. The van der Waals surface area contributed by atoms with Crippen molar-refractivity contribution >= 4 is 27.3 Å². The van der Waals surface area contributed by atoms with E-state index in [0.717, 1.165) is 47.7 Å². The van der Waals surface area contributed by atoms with Gasteiger partial charge < -0.3 is 10.2 Å². The topological polar surface area (TPSA) is 68.2 Å². The molecule has 1 aliphatic rings. The smallest absolute Gasteiger partial charge is 0.257 e. The van der Waals surface area contributed by atoms with Crippen molar-refractivity contribution in [3.8, 4) is 10.8 Å². The van der Waals surface area contributed by atoms with E-state index in [1.165, 1.54) is 0 Å². The van der Waals surface area contributed by atoms with E-state index >= 15 is 0 Å². The highest BCUT2D eigenvalue weighted by Crippen LogP contribution is 2.30. The predicted octanol–water partition coefficient (Wildman–Crippen LogP) is 2.73. The van der Waals surface area contributed by atoms with Gasteiger partial charge in [0.05, 0.1) is 15.2 Å². The highest BCUT2D eigenvalue weighted by Gasteiger charge is 2.20. The molecule has 2 aromatic heterocycles. The summed E-state index contributed by atoms with van der Waals surface area (Å²) in [6, 6.07) is 3.97. The quantitative estimate of drug-likeness (QED) is 0.911. The van der Waals surface area contributed by atoms with Crippen LogP contribution in [0.3, 0.4) is 0 Å². The van der Waals surface area contributed by atoms with Crippen LogP contribution >= 0.6 is 27.3 Å². The summed E-state index contributed by atoms with van der Waals surface area (Å²) < 4.78 is 6.81. The third kappa shape index (κ3) is 3.28. The number of likely N-dealkylation sites (tertiary alicyclic amines) is 1. The Balaban J connectivity index is 1.60. The van der Waals surface area contributed by atoms with Crippen molar-refractivity contribution < 1.29 is 4.42 Å². The van der Waals surface area contributed by atoms with Crippen LogP contribution in [0.1, 0.15) is 18.7 Å². The first-order valence-electron chi connectivity index (χ1n) is 6.75. The number of thiophene rings is 1. The zero-order valence-electron chi connectivity index (χ0n) is 11.1. The molecule has 7 heteroatoms. The SMILES string of the molecule is NCC1CCN(Cc2nnc(-c3ccc(Br)s3)o2)CC1. The van der Waals surface area contributed by atoms with Crippen molar-refractivity contribution in [2.24, 2.45) is 11.7 Å². The Hall–Kier alpha value is -0.760. The van der Waals surface area contributed by atoms with Gasteiger partial charge in [0.15, 0.2) is 0 Å². The summed E-state index contributed by atoms with van der Waals surface area (Å²) >= 11 is 5.03. The second-order valence-electron chi connectivity index (χ2n) is 5.06. The van der Waals surface area contributed by atoms with E-state index in [9.17, 15) is 0 Å². The Kier molecular flexibility index (Phi) is 4.50.